The number of hydrogen-bond acceptors (Lipinski definition) is 3. The van der Waals surface area contributed by atoms with Gasteiger partial charge in [0.15, 0.2) is 5.82 Å². The van der Waals surface area contributed by atoms with Crippen LogP contribution >= 0.6 is 11.6 Å². The van der Waals surface area contributed by atoms with Gasteiger partial charge in [0.1, 0.15) is 0 Å². The summed E-state index contributed by atoms with van der Waals surface area (Å²) in [5.41, 5.74) is 3.91. The van der Waals surface area contributed by atoms with E-state index < -0.39 is 0 Å². The maximum Gasteiger partial charge on any atom is 0.290 e. The largest absolute Gasteiger partial charge is 0.349 e. The van der Waals surface area contributed by atoms with E-state index in [1.54, 1.807) is 16.8 Å². The fourth-order valence-corrected chi connectivity index (χ4v) is 2.75. The number of carbonyl (C=O) groups is 1. The van der Waals surface area contributed by atoms with Gasteiger partial charge in [-0.05, 0) is 61.7 Å². The quantitative estimate of drug-likeness (QED) is 0.728. The van der Waals surface area contributed by atoms with Crippen molar-refractivity contribution in [1.29, 1.82) is 0 Å². The SMILES string of the molecule is CCCNC(=O)c1nc(-c2ccc(Cl)cc2)n(-c2cc(C)ccc2C)n1. The number of carbonyl (C=O) groups excluding carboxylic acids is 1. The normalized spacial score (nSPS) is 10.8. The molecular weight excluding hydrogens is 348 g/mol. The van der Waals surface area contributed by atoms with Gasteiger partial charge in [-0.2, -0.15) is 0 Å². The molecule has 1 amide bonds. The molecule has 0 aliphatic rings. The second kappa shape index (κ2) is 7.70. The van der Waals surface area contributed by atoms with Gasteiger partial charge in [-0.15, -0.1) is 5.10 Å². The first kappa shape index (κ1) is 18.1. The average Bonchev–Trinajstić information content (AvgIpc) is 3.07. The molecular formula is C20H21ClN4O. The minimum atomic E-state index is -0.272. The molecule has 0 aliphatic carbocycles. The first-order valence-electron chi connectivity index (χ1n) is 8.58. The van der Waals surface area contributed by atoms with E-state index in [1.807, 2.05) is 51.1 Å². The standard InChI is InChI=1S/C20H21ClN4O/c1-4-11-22-20(26)18-23-19(15-7-9-16(21)10-8-15)25(24-18)17-12-13(2)5-6-14(17)3/h5-10,12H,4,11H2,1-3H3,(H,22,26). The van der Waals surface area contributed by atoms with Crippen molar-refractivity contribution in [1.82, 2.24) is 20.1 Å². The van der Waals surface area contributed by atoms with E-state index in [0.717, 1.165) is 28.8 Å². The maximum absolute atomic E-state index is 12.4. The lowest BCUT2D eigenvalue weighted by molar-refractivity contribution is 0.0943. The third-order valence-electron chi connectivity index (χ3n) is 4.04. The molecule has 2 aromatic carbocycles. The molecule has 1 aromatic heterocycles. The summed E-state index contributed by atoms with van der Waals surface area (Å²) in [6.45, 7) is 6.63. The summed E-state index contributed by atoms with van der Waals surface area (Å²) in [4.78, 5) is 16.9. The highest BCUT2D eigenvalue weighted by molar-refractivity contribution is 6.30. The molecule has 0 spiro atoms. The second-order valence-corrected chi connectivity index (χ2v) is 6.66. The van der Waals surface area contributed by atoms with Crippen LogP contribution in [0.3, 0.4) is 0 Å². The van der Waals surface area contributed by atoms with Gasteiger partial charge in [0.05, 0.1) is 5.69 Å². The zero-order chi connectivity index (χ0) is 18.7. The van der Waals surface area contributed by atoms with Crippen molar-refractivity contribution in [3.8, 4) is 17.1 Å². The number of amides is 1. The van der Waals surface area contributed by atoms with Gasteiger partial charge >= 0.3 is 0 Å². The third-order valence-corrected chi connectivity index (χ3v) is 4.29. The van der Waals surface area contributed by atoms with Crippen molar-refractivity contribution >= 4 is 17.5 Å². The summed E-state index contributed by atoms with van der Waals surface area (Å²) in [6, 6.07) is 13.5. The number of aromatic nitrogens is 3. The van der Waals surface area contributed by atoms with E-state index in [2.05, 4.69) is 15.4 Å². The average molecular weight is 369 g/mol. The predicted octanol–water partition coefficient (Wildman–Crippen LogP) is 4.34. The number of aryl methyl sites for hydroxylation is 2. The van der Waals surface area contributed by atoms with Crippen molar-refractivity contribution in [3.63, 3.8) is 0 Å². The van der Waals surface area contributed by atoms with Gasteiger partial charge < -0.3 is 5.32 Å². The van der Waals surface area contributed by atoms with Crippen molar-refractivity contribution in [2.45, 2.75) is 27.2 Å². The summed E-state index contributed by atoms with van der Waals surface area (Å²) in [6.07, 6.45) is 0.855. The fourth-order valence-electron chi connectivity index (χ4n) is 2.63. The Kier molecular flexibility index (Phi) is 5.38. The van der Waals surface area contributed by atoms with Gasteiger partial charge in [0.25, 0.3) is 5.91 Å². The number of nitrogens with zero attached hydrogens (tertiary/aromatic N) is 3. The van der Waals surface area contributed by atoms with Gasteiger partial charge in [-0.1, -0.05) is 30.7 Å². The molecule has 26 heavy (non-hydrogen) atoms. The van der Waals surface area contributed by atoms with Crippen LogP contribution in [-0.4, -0.2) is 27.2 Å². The van der Waals surface area contributed by atoms with Crippen LogP contribution in [0, 0.1) is 13.8 Å². The zero-order valence-electron chi connectivity index (χ0n) is 15.1. The molecule has 0 bridgehead atoms. The molecule has 5 nitrogen and oxygen atoms in total. The highest BCUT2D eigenvalue weighted by atomic mass is 35.5. The number of hydrogen-bond donors (Lipinski definition) is 1. The van der Waals surface area contributed by atoms with E-state index in [4.69, 9.17) is 11.6 Å². The number of rotatable bonds is 5. The minimum absolute atomic E-state index is 0.157. The highest BCUT2D eigenvalue weighted by Gasteiger charge is 2.19. The minimum Gasteiger partial charge on any atom is -0.349 e. The highest BCUT2D eigenvalue weighted by Crippen LogP contribution is 2.25. The molecule has 0 saturated heterocycles. The van der Waals surface area contributed by atoms with Gasteiger partial charge in [0, 0.05) is 17.1 Å². The Morgan fingerprint density at radius 2 is 1.88 bits per heavy atom. The Balaban J connectivity index is 2.14. The van der Waals surface area contributed by atoms with Crippen LogP contribution in [-0.2, 0) is 0 Å². The molecule has 0 saturated carbocycles. The summed E-state index contributed by atoms with van der Waals surface area (Å²) < 4.78 is 1.73. The van der Waals surface area contributed by atoms with Crippen LogP contribution in [0.2, 0.25) is 5.02 Å². The molecule has 3 aromatic rings. The van der Waals surface area contributed by atoms with Crippen molar-refractivity contribution in [2.24, 2.45) is 0 Å². The van der Waals surface area contributed by atoms with E-state index in [0.29, 0.717) is 17.4 Å². The Morgan fingerprint density at radius 3 is 2.58 bits per heavy atom. The Bertz CT molecular complexity index is 931. The second-order valence-electron chi connectivity index (χ2n) is 6.22. The fraction of sp³-hybridized carbons (Fsp3) is 0.250. The number of benzene rings is 2. The van der Waals surface area contributed by atoms with E-state index in [-0.39, 0.29) is 11.7 Å². The molecule has 0 fully saturated rings. The van der Waals surface area contributed by atoms with Crippen molar-refractivity contribution < 1.29 is 4.79 Å². The third kappa shape index (κ3) is 3.78. The monoisotopic (exact) mass is 368 g/mol. The smallest absolute Gasteiger partial charge is 0.290 e. The van der Waals surface area contributed by atoms with Gasteiger partial charge in [-0.25, -0.2) is 9.67 Å². The van der Waals surface area contributed by atoms with Gasteiger partial charge in [0.2, 0.25) is 5.82 Å². The van der Waals surface area contributed by atoms with Crippen LogP contribution in [0.15, 0.2) is 42.5 Å². The van der Waals surface area contributed by atoms with E-state index >= 15 is 0 Å². The van der Waals surface area contributed by atoms with Crippen molar-refractivity contribution in [2.75, 3.05) is 6.54 Å². The van der Waals surface area contributed by atoms with Crippen LogP contribution < -0.4 is 5.32 Å². The number of nitrogens with one attached hydrogen (secondary N) is 1. The molecule has 0 aliphatic heterocycles. The van der Waals surface area contributed by atoms with Crippen LogP contribution in [0.5, 0.6) is 0 Å². The lowest BCUT2D eigenvalue weighted by atomic mass is 10.1. The first-order chi connectivity index (χ1) is 12.5. The van der Waals surface area contributed by atoms with Crippen molar-refractivity contribution in [3.05, 3.63) is 64.4 Å². The molecule has 134 valence electrons. The predicted molar refractivity (Wildman–Crippen MR) is 104 cm³/mol. The van der Waals surface area contributed by atoms with E-state index in [1.165, 1.54) is 0 Å². The molecule has 0 unspecified atom stereocenters. The molecule has 0 atom stereocenters. The topological polar surface area (TPSA) is 59.8 Å². The van der Waals surface area contributed by atoms with Crippen LogP contribution in [0.1, 0.15) is 35.1 Å². The van der Waals surface area contributed by atoms with Crippen LogP contribution in [0.25, 0.3) is 17.1 Å². The lowest BCUT2D eigenvalue weighted by Gasteiger charge is -2.10. The molecule has 1 N–H and O–H groups in total. The zero-order valence-corrected chi connectivity index (χ0v) is 15.8. The van der Waals surface area contributed by atoms with Gasteiger partial charge in [-0.3, -0.25) is 4.79 Å². The summed E-state index contributed by atoms with van der Waals surface area (Å²) in [5, 5.41) is 7.97. The Labute approximate surface area is 158 Å². The summed E-state index contributed by atoms with van der Waals surface area (Å²) in [7, 11) is 0. The van der Waals surface area contributed by atoms with E-state index in [9.17, 15) is 4.79 Å². The molecule has 6 heteroatoms. The molecule has 0 radical (unpaired) electrons. The molecule has 1 heterocycles. The Morgan fingerprint density at radius 1 is 1.15 bits per heavy atom. The summed E-state index contributed by atoms with van der Waals surface area (Å²) in [5.74, 6) is 0.493. The van der Waals surface area contributed by atoms with Crippen LogP contribution in [0.4, 0.5) is 0 Å². The summed E-state index contributed by atoms with van der Waals surface area (Å²) >= 11 is 6.01. The first-order valence-corrected chi connectivity index (χ1v) is 8.96. The molecule has 3 rings (SSSR count). The maximum atomic E-state index is 12.4. The lowest BCUT2D eigenvalue weighted by Crippen LogP contribution is -2.25. The number of halogens is 1. The Hall–Kier alpha value is -2.66.